The van der Waals surface area contributed by atoms with Gasteiger partial charge in [0.1, 0.15) is 0 Å². The van der Waals surface area contributed by atoms with E-state index in [0.29, 0.717) is 0 Å². The average molecular weight is 333 g/mol. The van der Waals surface area contributed by atoms with Gasteiger partial charge in [-0.25, -0.2) is 0 Å². The number of benzene rings is 1. The summed E-state index contributed by atoms with van der Waals surface area (Å²) in [6.45, 7) is 2.17. The lowest BCUT2D eigenvalue weighted by atomic mass is 10.2. The Morgan fingerprint density at radius 3 is 2.80 bits per heavy atom. The number of halogens is 1. The Bertz CT molecular complexity index is 293. The predicted molar refractivity (Wildman–Crippen MR) is 76.3 cm³/mol. The second-order valence-corrected chi connectivity index (χ2v) is 6.55. The molecule has 0 aliphatic carbocycles. The van der Waals surface area contributed by atoms with Gasteiger partial charge < -0.3 is 5.32 Å². The van der Waals surface area contributed by atoms with Gasteiger partial charge in [-0.3, -0.25) is 0 Å². The normalized spacial score (nSPS) is 20.7. The van der Waals surface area contributed by atoms with Crippen LogP contribution in [-0.2, 0) is 6.54 Å². The van der Waals surface area contributed by atoms with Crippen LogP contribution >= 0.6 is 34.4 Å². The van der Waals surface area contributed by atoms with Crippen LogP contribution in [-0.4, -0.2) is 17.5 Å². The molecular formula is C12H16INS. The van der Waals surface area contributed by atoms with Crippen LogP contribution in [0.3, 0.4) is 0 Å². The third-order valence-electron chi connectivity index (χ3n) is 2.64. The van der Waals surface area contributed by atoms with Crippen molar-refractivity contribution in [2.45, 2.75) is 24.6 Å². The van der Waals surface area contributed by atoms with Crippen molar-refractivity contribution in [3.8, 4) is 0 Å². The smallest absolute Gasteiger partial charge is 0.0205 e. The van der Waals surface area contributed by atoms with Gasteiger partial charge in [0.2, 0.25) is 0 Å². The molecule has 1 fully saturated rings. The number of thioether (sulfide) groups is 1. The van der Waals surface area contributed by atoms with Crippen LogP contribution in [0.25, 0.3) is 0 Å². The Morgan fingerprint density at radius 2 is 2.13 bits per heavy atom. The van der Waals surface area contributed by atoms with Gasteiger partial charge in [-0.05, 0) is 58.9 Å². The zero-order chi connectivity index (χ0) is 10.5. The van der Waals surface area contributed by atoms with E-state index < -0.39 is 0 Å². The van der Waals surface area contributed by atoms with E-state index in [4.69, 9.17) is 0 Å². The molecule has 15 heavy (non-hydrogen) atoms. The molecule has 0 spiro atoms. The summed E-state index contributed by atoms with van der Waals surface area (Å²) in [5.41, 5.74) is 1.39. The Balaban J connectivity index is 1.71. The summed E-state index contributed by atoms with van der Waals surface area (Å²) in [5, 5.41) is 4.40. The maximum atomic E-state index is 3.54. The number of hydrogen-bond acceptors (Lipinski definition) is 2. The molecule has 3 heteroatoms. The van der Waals surface area contributed by atoms with Crippen LogP contribution in [0.1, 0.15) is 18.4 Å². The molecule has 0 aromatic heterocycles. The molecule has 1 saturated heterocycles. The van der Waals surface area contributed by atoms with Gasteiger partial charge in [-0.1, -0.05) is 12.1 Å². The highest BCUT2D eigenvalue weighted by Gasteiger charge is 2.14. The minimum absolute atomic E-state index is 0.855. The first-order chi connectivity index (χ1) is 7.34. The van der Waals surface area contributed by atoms with Gasteiger partial charge in [0, 0.05) is 21.9 Å². The van der Waals surface area contributed by atoms with Crippen LogP contribution in [0.15, 0.2) is 24.3 Å². The lowest BCUT2D eigenvalue weighted by molar-refractivity contribution is 0.646. The van der Waals surface area contributed by atoms with Gasteiger partial charge in [0.05, 0.1) is 0 Å². The Morgan fingerprint density at radius 1 is 1.33 bits per heavy atom. The van der Waals surface area contributed by atoms with Crippen LogP contribution in [0.4, 0.5) is 0 Å². The third kappa shape index (κ3) is 3.96. The largest absolute Gasteiger partial charge is 0.312 e. The predicted octanol–water partition coefficient (Wildman–Crippen LogP) is 3.28. The van der Waals surface area contributed by atoms with Crippen LogP contribution in [0.5, 0.6) is 0 Å². The quantitative estimate of drug-likeness (QED) is 0.849. The molecule has 82 valence electrons. The Hall–Kier alpha value is 0.260. The number of nitrogens with one attached hydrogen (secondary N) is 1. The van der Waals surface area contributed by atoms with Crippen molar-refractivity contribution in [1.82, 2.24) is 5.32 Å². The molecule has 1 heterocycles. The zero-order valence-corrected chi connectivity index (χ0v) is 11.7. The van der Waals surface area contributed by atoms with Crippen molar-refractivity contribution < 1.29 is 0 Å². The molecule has 1 nitrogen and oxygen atoms in total. The monoisotopic (exact) mass is 333 g/mol. The molecule has 1 unspecified atom stereocenters. The summed E-state index contributed by atoms with van der Waals surface area (Å²) >= 11 is 4.46. The molecule has 1 N–H and O–H groups in total. The summed E-state index contributed by atoms with van der Waals surface area (Å²) < 4.78 is 1.31. The molecule has 1 aliphatic heterocycles. The lowest BCUT2D eigenvalue weighted by Crippen LogP contribution is -2.22. The van der Waals surface area contributed by atoms with E-state index in [1.165, 1.54) is 27.7 Å². The molecule has 1 atom stereocenters. The van der Waals surface area contributed by atoms with E-state index in [1.54, 1.807) is 0 Å². The molecule has 1 aromatic rings. The Labute approximate surface area is 110 Å². The highest BCUT2D eigenvalue weighted by molar-refractivity contribution is 14.1. The highest BCUT2D eigenvalue weighted by atomic mass is 127. The van der Waals surface area contributed by atoms with Gasteiger partial charge >= 0.3 is 0 Å². The van der Waals surface area contributed by atoms with Gasteiger partial charge in [-0.2, -0.15) is 11.8 Å². The molecule has 2 rings (SSSR count). The zero-order valence-electron chi connectivity index (χ0n) is 8.71. The molecule has 0 radical (unpaired) electrons. The fraction of sp³-hybridized carbons (Fsp3) is 0.500. The van der Waals surface area contributed by atoms with Crippen molar-refractivity contribution in [3.63, 3.8) is 0 Å². The van der Waals surface area contributed by atoms with Crippen molar-refractivity contribution in [1.29, 1.82) is 0 Å². The molecule has 1 aliphatic rings. The average Bonchev–Trinajstić information content (AvgIpc) is 2.74. The summed E-state index contributed by atoms with van der Waals surface area (Å²) in [6.07, 6.45) is 2.80. The summed E-state index contributed by atoms with van der Waals surface area (Å²) in [7, 11) is 0. The molecule has 0 amide bonds. The van der Waals surface area contributed by atoms with Gasteiger partial charge in [0.15, 0.2) is 0 Å². The fourth-order valence-corrected chi connectivity index (χ4v) is 3.38. The maximum absolute atomic E-state index is 3.54. The summed E-state index contributed by atoms with van der Waals surface area (Å²) in [5.74, 6) is 1.36. The second-order valence-electron chi connectivity index (χ2n) is 3.89. The van der Waals surface area contributed by atoms with Crippen molar-refractivity contribution >= 4 is 34.4 Å². The third-order valence-corrected chi connectivity index (χ3v) is 4.76. The number of rotatable bonds is 4. The first-order valence-corrected chi connectivity index (χ1v) is 7.54. The number of hydrogen-bond donors (Lipinski definition) is 1. The van der Waals surface area contributed by atoms with E-state index in [0.717, 1.165) is 18.3 Å². The van der Waals surface area contributed by atoms with E-state index in [9.17, 15) is 0 Å². The van der Waals surface area contributed by atoms with E-state index in [1.807, 2.05) is 0 Å². The van der Waals surface area contributed by atoms with Gasteiger partial charge in [0.25, 0.3) is 0 Å². The first kappa shape index (κ1) is 11.7. The molecular weight excluding hydrogens is 317 g/mol. The fourth-order valence-electron chi connectivity index (χ4n) is 1.79. The standard InChI is InChI=1S/C12H16INS/c13-11-5-3-10(4-6-11)8-14-9-12-2-1-7-15-12/h3-6,12,14H,1-2,7-9H2. The van der Waals surface area contributed by atoms with Crippen molar-refractivity contribution in [2.75, 3.05) is 12.3 Å². The topological polar surface area (TPSA) is 12.0 Å². The van der Waals surface area contributed by atoms with Crippen molar-refractivity contribution in [3.05, 3.63) is 33.4 Å². The first-order valence-electron chi connectivity index (χ1n) is 5.41. The van der Waals surface area contributed by atoms with Crippen LogP contribution < -0.4 is 5.32 Å². The molecule has 0 bridgehead atoms. The maximum Gasteiger partial charge on any atom is 0.0205 e. The SMILES string of the molecule is Ic1ccc(CNCC2CCCS2)cc1. The van der Waals surface area contributed by atoms with E-state index in [2.05, 4.69) is 63.9 Å². The van der Waals surface area contributed by atoms with Crippen LogP contribution in [0, 0.1) is 3.57 Å². The summed E-state index contributed by atoms with van der Waals surface area (Å²) in [6, 6.07) is 8.75. The highest BCUT2D eigenvalue weighted by Crippen LogP contribution is 2.25. The van der Waals surface area contributed by atoms with Crippen molar-refractivity contribution in [2.24, 2.45) is 0 Å². The molecule has 0 saturated carbocycles. The van der Waals surface area contributed by atoms with E-state index >= 15 is 0 Å². The van der Waals surface area contributed by atoms with Gasteiger partial charge in [-0.15, -0.1) is 0 Å². The lowest BCUT2D eigenvalue weighted by Gasteiger charge is -2.09. The van der Waals surface area contributed by atoms with Crippen LogP contribution in [0.2, 0.25) is 0 Å². The minimum Gasteiger partial charge on any atom is -0.312 e. The minimum atomic E-state index is 0.855. The van der Waals surface area contributed by atoms with E-state index in [-0.39, 0.29) is 0 Å². The second kappa shape index (κ2) is 6.11. The summed E-state index contributed by atoms with van der Waals surface area (Å²) in [4.78, 5) is 0. The molecule has 1 aromatic carbocycles. The Kier molecular flexibility index (Phi) is 4.78.